The first-order valence-electron chi connectivity index (χ1n) is 9.48. The SMILES string of the molecule is Cn1c(=O)n(CC2(C#N)CCOCC2)c2cc(Nc3ccnc(Cl)c3C#N)ccc21. The van der Waals surface area contributed by atoms with E-state index in [1.165, 1.54) is 6.20 Å². The number of nitriles is 2. The molecule has 1 fully saturated rings. The van der Waals surface area contributed by atoms with Gasteiger partial charge in [-0.05, 0) is 37.1 Å². The zero-order valence-electron chi connectivity index (χ0n) is 16.4. The summed E-state index contributed by atoms with van der Waals surface area (Å²) < 4.78 is 8.64. The first-order chi connectivity index (χ1) is 14.5. The molecule has 1 aromatic carbocycles. The smallest absolute Gasteiger partial charge is 0.328 e. The summed E-state index contributed by atoms with van der Waals surface area (Å²) in [6, 6.07) is 11.6. The molecular formula is C21H19ClN6O2. The van der Waals surface area contributed by atoms with Gasteiger partial charge in [0.05, 0.1) is 28.2 Å². The van der Waals surface area contributed by atoms with E-state index in [4.69, 9.17) is 16.3 Å². The third-order valence-corrected chi connectivity index (χ3v) is 5.88. The zero-order valence-corrected chi connectivity index (χ0v) is 17.1. The number of rotatable bonds is 4. The molecule has 152 valence electrons. The van der Waals surface area contributed by atoms with Crippen molar-refractivity contribution in [3.05, 3.63) is 51.7 Å². The van der Waals surface area contributed by atoms with Crippen LogP contribution in [0.4, 0.5) is 11.4 Å². The number of nitrogens with zero attached hydrogens (tertiary/aromatic N) is 5. The highest BCUT2D eigenvalue weighted by Crippen LogP contribution is 2.33. The first kappa shape index (κ1) is 20.0. The van der Waals surface area contributed by atoms with Crippen LogP contribution in [0, 0.1) is 28.1 Å². The molecule has 2 aromatic heterocycles. The summed E-state index contributed by atoms with van der Waals surface area (Å²) in [6.07, 6.45) is 2.70. The lowest BCUT2D eigenvalue weighted by Gasteiger charge is -2.30. The average molecular weight is 423 g/mol. The number of halogens is 1. The van der Waals surface area contributed by atoms with E-state index in [1.54, 1.807) is 22.2 Å². The number of imidazole rings is 1. The van der Waals surface area contributed by atoms with Crippen molar-refractivity contribution in [2.24, 2.45) is 12.5 Å². The Labute approximate surface area is 177 Å². The number of aromatic nitrogens is 3. The Morgan fingerprint density at radius 2 is 2.03 bits per heavy atom. The van der Waals surface area contributed by atoms with Crippen LogP contribution in [0.5, 0.6) is 0 Å². The molecule has 30 heavy (non-hydrogen) atoms. The zero-order chi connectivity index (χ0) is 21.3. The lowest BCUT2D eigenvalue weighted by molar-refractivity contribution is 0.0333. The van der Waals surface area contributed by atoms with Crippen LogP contribution in [0.3, 0.4) is 0 Å². The van der Waals surface area contributed by atoms with Gasteiger partial charge in [-0.1, -0.05) is 11.6 Å². The molecule has 1 N–H and O–H groups in total. The summed E-state index contributed by atoms with van der Waals surface area (Å²) in [5.41, 5.74) is 2.14. The molecule has 1 aliphatic heterocycles. The fraction of sp³-hybridized carbons (Fsp3) is 0.333. The molecule has 1 saturated heterocycles. The quantitative estimate of drug-likeness (QED) is 0.646. The predicted octanol–water partition coefficient (Wildman–Crippen LogP) is 3.32. The van der Waals surface area contributed by atoms with E-state index < -0.39 is 5.41 Å². The summed E-state index contributed by atoms with van der Waals surface area (Å²) in [5, 5.41) is 22.5. The van der Waals surface area contributed by atoms with Crippen molar-refractivity contribution in [3.8, 4) is 12.1 Å². The molecule has 0 saturated carbocycles. The van der Waals surface area contributed by atoms with Gasteiger partial charge in [0.1, 0.15) is 16.8 Å². The molecule has 3 aromatic rings. The fourth-order valence-electron chi connectivity index (χ4n) is 3.81. The van der Waals surface area contributed by atoms with E-state index in [-0.39, 0.29) is 16.4 Å². The molecule has 9 heteroatoms. The summed E-state index contributed by atoms with van der Waals surface area (Å²) in [5.74, 6) is 0. The topological polar surface area (TPSA) is 109 Å². The highest BCUT2D eigenvalue weighted by Gasteiger charge is 2.34. The maximum Gasteiger partial charge on any atom is 0.328 e. The van der Waals surface area contributed by atoms with Crippen molar-refractivity contribution in [1.82, 2.24) is 14.1 Å². The maximum absolute atomic E-state index is 12.9. The third-order valence-electron chi connectivity index (χ3n) is 5.59. The Bertz CT molecular complexity index is 1260. The van der Waals surface area contributed by atoms with Crippen molar-refractivity contribution >= 4 is 34.0 Å². The normalized spacial score (nSPS) is 15.5. The summed E-state index contributed by atoms with van der Waals surface area (Å²) in [7, 11) is 1.72. The third kappa shape index (κ3) is 3.41. The second-order valence-electron chi connectivity index (χ2n) is 7.40. The number of benzene rings is 1. The number of nitrogens with one attached hydrogen (secondary N) is 1. The predicted molar refractivity (Wildman–Crippen MR) is 113 cm³/mol. The van der Waals surface area contributed by atoms with E-state index in [0.29, 0.717) is 49.5 Å². The van der Waals surface area contributed by atoms with Crippen LogP contribution in [0.2, 0.25) is 5.15 Å². The fourth-order valence-corrected chi connectivity index (χ4v) is 4.01. The lowest BCUT2D eigenvalue weighted by Crippen LogP contribution is -2.36. The van der Waals surface area contributed by atoms with Gasteiger partial charge in [0.15, 0.2) is 0 Å². The van der Waals surface area contributed by atoms with Gasteiger partial charge >= 0.3 is 5.69 Å². The van der Waals surface area contributed by atoms with E-state index in [1.807, 2.05) is 24.3 Å². The van der Waals surface area contributed by atoms with Crippen LogP contribution in [0.15, 0.2) is 35.3 Å². The minimum Gasteiger partial charge on any atom is -0.381 e. The molecule has 0 bridgehead atoms. The Morgan fingerprint density at radius 1 is 1.27 bits per heavy atom. The number of anilines is 2. The Hall–Kier alpha value is -3.33. The van der Waals surface area contributed by atoms with Crippen molar-refractivity contribution in [2.45, 2.75) is 19.4 Å². The molecule has 4 rings (SSSR count). The number of pyridine rings is 1. The Balaban J connectivity index is 1.77. The summed E-state index contributed by atoms with van der Waals surface area (Å²) in [6.45, 7) is 1.33. The number of aryl methyl sites for hydroxylation is 1. The van der Waals surface area contributed by atoms with Crippen LogP contribution < -0.4 is 11.0 Å². The molecule has 3 heterocycles. The van der Waals surface area contributed by atoms with Crippen LogP contribution in [0.25, 0.3) is 11.0 Å². The van der Waals surface area contributed by atoms with Gasteiger partial charge in [-0.2, -0.15) is 10.5 Å². The van der Waals surface area contributed by atoms with Crippen LogP contribution in [-0.2, 0) is 18.3 Å². The first-order valence-corrected chi connectivity index (χ1v) is 9.86. The monoisotopic (exact) mass is 422 g/mol. The minimum atomic E-state index is -0.633. The molecule has 0 amide bonds. The van der Waals surface area contributed by atoms with Gasteiger partial charge < -0.3 is 10.1 Å². The molecule has 1 aliphatic rings. The van der Waals surface area contributed by atoms with Gasteiger partial charge in [0.2, 0.25) is 0 Å². The molecular weight excluding hydrogens is 404 g/mol. The van der Waals surface area contributed by atoms with Gasteiger partial charge in [-0.25, -0.2) is 9.78 Å². The molecule has 0 unspecified atom stereocenters. The van der Waals surface area contributed by atoms with Crippen molar-refractivity contribution < 1.29 is 4.74 Å². The number of hydrogen-bond acceptors (Lipinski definition) is 6. The number of ether oxygens (including phenoxy) is 1. The Kier molecular flexibility index (Phi) is 5.21. The standard InChI is InChI=1S/C21H19ClN6O2/c1-27-17-3-2-14(26-16-4-7-25-19(22)15(16)11-23)10-18(17)28(20(27)29)13-21(12-24)5-8-30-9-6-21/h2-4,7,10H,5-6,8-9,13H2,1H3,(H,25,26). The van der Waals surface area contributed by atoms with Crippen molar-refractivity contribution in [1.29, 1.82) is 10.5 Å². The van der Waals surface area contributed by atoms with Crippen LogP contribution in [-0.4, -0.2) is 27.3 Å². The van der Waals surface area contributed by atoms with Crippen LogP contribution in [0.1, 0.15) is 18.4 Å². The maximum atomic E-state index is 12.9. The highest BCUT2D eigenvalue weighted by molar-refractivity contribution is 6.31. The molecule has 0 spiro atoms. The number of fused-ring (bicyclic) bond motifs is 1. The van der Waals surface area contributed by atoms with Gasteiger partial charge in [0.25, 0.3) is 0 Å². The van der Waals surface area contributed by atoms with E-state index in [9.17, 15) is 15.3 Å². The molecule has 0 radical (unpaired) electrons. The lowest BCUT2D eigenvalue weighted by atomic mass is 9.81. The largest absolute Gasteiger partial charge is 0.381 e. The van der Waals surface area contributed by atoms with Gasteiger partial charge in [-0.15, -0.1) is 0 Å². The Morgan fingerprint density at radius 3 is 2.73 bits per heavy atom. The number of hydrogen-bond donors (Lipinski definition) is 1. The van der Waals surface area contributed by atoms with E-state index in [0.717, 1.165) is 5.52 Å². The van der Waals surface area contributed by atoms with E-state index in [2.05, 4.69) is 16.4 Å². The summed E-state index contributed by atoms with van der Waals surface area (Å²) >= 11 is 6.02. The van der Waals surface area contributed by atoms with Crippen LogP contribution >= 0.6 is 11.6 Å². The van der Waals surface area contributed by atoms with Crippen molar-refractivity contribution in [3.63, 3.8) is 0 Å². The van der Waals surface area contributed by atoms with Gasteiger partial charge in [0, 0.05) is 38.7 Å². The summed E-state index contributed by atoms with van der Waals surface area (Å²) in [4.78, 5) is 16.9. The second kappa shape index (κ2) is 7.83. The van der Waals surface area contributed by atoms with E-state index >= 15 is 0 Å². The molecule has 0 aliphatic carbocycles. The highest BCUT2D eigenvalue weighted by atomic mass is 35.5. The minimum absolute atomic E-state index is 0.121. The molecule has 0 atom stereocenters. The average Bonchev–Trinajstić information content (AvgIpc) is 2.99. The van der Waals surface area contributed by atoms with Gasteiger partial charge in [-0.3, -0.25) is 9.13 Å². The second-order valence-corrected chi connectivity index (χ2v) is 7.75. The van der Waals surface area contributed by atoms with Crippen molar-refractivity contribution in [2.75, 3.05) is 18.5 Å². The molecule has 8 nitrogen and oxygen atoms in total.